The average Bonchev–Trinajstić information content (AvgIpc) is 2.46. The molecule has 0 radical (unpaired) electrons. The molecule has 0 saturated carbocycles. The van der Waals surface area contributed by atoms with Crippen molar-refractivity contribution in [2.45, 2.75) is 6.92 Å². The van der Waals surface area contributed by atoms with Gasteiger partial charge in [-0.05, 0) is 18.6 Å². The zero-order valence-electron chi connectivity index (χ0n) is 11.5. The van der Waals surface area contributed by atoms with Gasteiger partial charge in [-0.2, -0.15) is 0 Å². The second-order valence-corrected chi connectivity index (χ2v) is 4.30. The lowest BCUT2D eigenvalue weighted by atomic mass is 10.2. The van der Waals surface area contributed by atoms with E-state index in [2.05, 4.69) is 20.6 Å². The molecular formula is C13H13N5O3. The third kappa shape index (κ3) is 3.30. The molecule has 0 bridgehead atoms. The molecule has 2 aromatic heterocycles. The topological polar surface area (TPSA) is 110 Å². The van der Waals surface area contributed by atoms with E-state index >= 15 is 0 Å². The highest BCUT2D eigenvalue weighted by atomic mass is 16.6. The Morgan fingerprint density at radius 1 is 1.29 bits per heavy atom. The molecule has 2 heterocycles. The number of nitrogens with zero attached hydrogens (tertiary/aromatic N) is 3. The van der Waals surface area contributed by atoms with Gasteiger partial charge in [-0.1, -0.05) is 0 Å². The van der Waals surface area contributed by atoms with Gasteiger partial charge in [-0.15, -0.1) is 0 Å². The Morgan fingerprint density at radius 2 is 2.05 bits per heavy atom. The van der Waals surface area contributed by atoms with Gasteiger partial charge in [-0.25, -0.2) is 4.98 Å². The van der Waals surface area contributed by atoms with Crippen molar-refractivity contribution in [1.29, 1.82) is 0 Å². The van der Waals surface area contributed by atoms with Crippen molar-refractivity contribution >= 4 is 23.1 Å². The van der Waals surface area contributed by atoms with Gasteiger partial charge in [-0.3, -0.25) is 19.9 Å². The van der Waals surface area contributed by atoms with Crippen molar-refractivity contribution in [3.63, 3.8) is 0 Å². The molecule has 0 saturated heterocycles. The quantitative estimate of drug-likeness (QED) is 0.657. The largest absolute Gasteiger partial charge is 0.372 e. The fourth-order valence-corrected chi connectivity index (χ4v) is 1.75. The first-order chi connectivity index (χ1) is 10.0. The fourth-order valence-electron chi connectivity index (χ4n) is 1.75. The maximum absolute atomic E-state index is 12.2. The van der Waals surface area contributed by atoms with Crippen molar-refractivity contribution < 1.29 is 9.72 Å². The number of amides is 1. The Morgan fingerprint density at radius 3 is 2.67 bits per heavy atom. The molecule has 0 aliphatic carbocycles. The summed E-state index contributed by atoms with van der Waals surface area (Å²) in [6.45, 7) is 1.84. The van der Waals surface area contributed by atoms with Crippen LogP contribution < -0.4 is 10.6 Å². The first-order valence-electron chi connectivity index (χ1n) is 6.06. The molecule has 8 nitrogen and oxygen atoms in total. The lowest BCUT2D eigenvalue weighted by Crippen LogP contribution is -2.15. The van der Waals surface area contributed by atoms with E-state index in [1.165, 1.54) is 12.3 Å². The minimum Gasteiger partial charge on any atom is -0.372 e. The molecule has 0 aliphatic rings. The number of rotatable bonds is 4. The van der Waals surface area contributed by atoms with E-state index in [1.54, 1.807) is 19.3 Å². The van der Waals surface area contributed by atoms with E-state index in [0.717, 1.165) is 11.8 Å². The molecule has 0 aliphatic heterocycles. The van der Waals surface area contributed by atoms with Crippen molar-refractivity contribution in [1.82, 2.24) is 9.97 Å². The summed E-state index contributed by atoms with van der Waals surface area (Å²) >= 11 is 0. The van der Waals surface area contributed by atoms with Gasteiger partial charge in [0.2, 0.25) is 0 Å². The molecule has 108 valence electrons. The summed E-state index contributed by atoms with van der Waals surface area (Å²) in [5.41, 5.74) is 1.24. The molecule has 0 fully saturated rings. The molecular weight excluding hydrogens is 274 g/mol. The van der Waals surface area contributed by atoms with Gasteiger partial charge < -0.3 is 10.6 Å². The molecule has 8 heteroatoms. The Balaban J connectivity index is 2.33. The third-order valence-corrected chi connectivity index (χ3v) is 2.70. The summed E-state index contributed by atoms with van der Waals surface area (Å²) in [5, 5.41) is 16.1. The highest BCUT2D eigenvalue weighted by Crippen LogP contribution is 2.20. The summed E-state index contributed by atoms with van der Waals surface area (Å²) in [7, 11) is 1.58. The summed E-state index contributed by atoms with van der Waals surface area (Å²) in [4.78, 5) is 30.3. The number of carbonyl (C=O) groups excluding carboxylic acids is 1. The standard InChI is InChI=1S/C13H13N5O3/c1-8-3-9(6-15-5-8)17-13(19)11-4-10(18(20)21)7-16-12(11)14-2/h3-7H,1-2H3,(H,14,16)(H,17,19). The molecule has 1 amide bonds. The molecule has 2 aromatic rings. The highest BCUT2D eigenvalue weighted by molar-refractivity contribution is 6.07. The molecule has 2 rings (SSSR count). The van der Waals surface area contributed by atoms with Crippen molar-refractivity contribution in [2.24, 2.45) is 0 Å². The molecule has 0 aromatic carbocycles. The van der Waals surface area contributed by atoms with Crippen LogP contribution in [0.3, 0.4) is 0 Å². The average molecular weight is 287 g/mol. The van der Waals surface area contributed by atoms with E-state index in [4.69, 9.17) is 0 Å². The highest BCUT2D eigenvalue weighted by Gasteiger charge is 2.17. The van der Waals surface area contributed by atoms with Crippen LogP contribution in [0.25, 0.3) is 0 Å². The predicted octanol–water partition coefficient (Wildman–Crippen LogP) is 1.99. The van der Waals surface area contributed by atoms with Crippen LogP contribution in [0.2, 0.25) is 0 Å². The number of nitro groups is 1. The van der Waals surface area contributed by atoms with Gasteiger partial charge in [0.05, 0.1) is 22.4 Å². The number of pyridine rings is 2. The zero-order chi connectivity index (χ0) is 15.4. The lowest BCUT2D eigenvalue weighted by Gasteiger charge is -2.09. The van der Waals surface area contributed by atoms with Crippen LogP contribution in [0, 0.1) is 17.0 Å². The van der Waals surface area contributed by atoms with Crippen molar-refractivity contribution in [3.05, 3.63) is 52.0 Å². The van der Waals surface area contributed by atoms with Gasteiger partial charge in [0.25, 0.3) is 11.6 Å². The first kappa shape index (κ1) is 14.4. The van der Waals surface area contributed by atoms with Gasteiger partial charge in [0, 0.05) is 19.3 Å². The summed E-state index contributed by atoms with van der Waals surface area (Å²) < 4.78 is 0. The van der Waals surface area contributed by atoms with Crippen molar-refractivity contribution in [2.75, 3.05) is 17.7 Å². The van der Waals surface area contributed by atoms with Crippen LogP contribution in [0.1, 0.15) is 15.9 Å². The number of aromatic nitrogens is 2. The second kappa shape index (κ2) is 5.95. The zero-order valence-corrected chi connectivity index (χ0v) is 11.5. The Kier molecular flexibility index (Phi) is 4.07. The maximum Gasteiger partial charge on any atom is 0.288 e. The van der Waals surface area contributed by atoms with Gasteiger partial charge in [0.1, 0.15) is 12.0 Å². The molecule has 2 N–H and O–H groups in total. The fraction of sp³-hybridized carbons (Fsp3) is 0.154. The van der Waals surface area contributed by atoms with E-state index in [0.29, 0.717) is 5.69 Å². The van der Waals surface area contributed by atoms with Crippen LogP contribution in [0.4, 0.5) is 17.2 Å². The number of anilines is 2. The Bertz CT molecular complexity index is 702. The number of nitrogens with one attached hydrogen (secondary N) is 2. The maximum atomic E-state index is 12.2. The van der Waals surface area contributed by atoms with Crippen LogP contribution in [-0.2, 0) is 0 Å². The van der Waals surface area contributed by atoms with E-state index in [9.17, 15) is 14.9 Å². The monoisotopic (exact) mass is 287 g/mol. The number of carbonyl (C=O) groups is 1. The Hall–Kier alpha value is -3.03. The number of hydrogen-bond donors (Lipinski definition) is 2. The van der Waals surface area contributed by atoms with Crippen LogP contribution in [0.15, 0.2) is 30.7 Å². The second-order valence-electron chi connectivity index (χ2n) is 4.30. The molecule has 0 unspecified atom stereocenters. The first-order valence-corrected chi connectivity index (χ1v) is 6.06. The third-order valence-electron chi connectivity index (χ3n) is 2.70. The summed E-state index contributed by atoms with van der Waals surface area (Å²) in [6, 6.07) is 2.92. The van der Waals surface area contributed by atoms with Gasteiger partial charge >= 0.3 is 0 Å². The van der Waals surface area contributed by atoms with E-state index in [1.807, 2.05) is 6.92 Å². The Labute approximate surface area is 120 Å². The van der Waals surface area contributed by atoms with Crippen LogP contribution in [0.5, 0.6) is 0 Å². The van der Waals surface area contributed by atoms with Crippen LogP contribution in [-0.4, -0.2) is 27.8 Å². The molecule has 0 atom stereocenters. The molecule has 21 heavy (non-hydrogen) atoms. The van der Waals surface area contributed by atoms with E-state index < -0.39 is 10.8 Å². The molecule has 0 spiro atoms. The smallest absolute Gasteiger partial charge is 0.288 e. The van der Waals surface area contributed by atoms with Crippen molar-refractivity contribution in [3.8, 4) is 0 Å². The number of hydrogen-bond acceptors (Lipinski definition) is 6. The van der Waals surface area contributed by atoms with Gasteiger partial charge in [0.15, 0.2) is 0 Å². The SMILES string of the molecule is CNc1ncc([N+](=O)[O-])cc1C(=O)Nc1cncc(C)c1. The van der Waals surface area contributed by atoms with E-state index in [-0.39, 0.29) is 17.1 Å². The summed E-state index contributed by atoms with van der Waals surface area (Å²) in [5.74, 6) is -0.235. The van der Waals surface area contributed by atoms with Crippen LogP contribution >= 0.6 is 0 Å². The minimum absolute atomic E-state index is 0.0909. The lowest BCUT2D eigenvalue weighted by molar-refractivity contribution is -0.385. The minimum atomic E-state index is -0.600. The normalized spacial score (nSPS) is 10.0. The predicted molar refractivity (Wildman–Crippen MR) is 77.4 cm³/mol. The summed E-state index contributed by atoms with van der Waals surface area (Å²) in [6.07, 6.45) is 4.25. The number of aryl methyl sites for hydroxylation is 1.